The minimum atomic E-state index is 0.457. The quantitative estimate of drug-likeness (QED) is 0.906. The van der Waals surface area contributed by atoms with Gasteiger partial charge in [0.25, 0.3) is 0 Å². The molecule has 0 radical (unpaired) electrons. The van der Waals surface area contributed by atoms with E-state index in [-0.39, 0.29) is 0 Å². The summed E-state index contributed by atoms with van der Waals surface area (Å²) in [5, 5.41) is 3.62. The van der Waals surface area contributed by atoms with Crippen molar-refractivity contribution < 1.29 is 0 Å². The number of halogens is 1. The molecule has 1 aliphatic heterocycles. The summed E-state index contributed by atoms with van der Waals surface area (Å²) in [6.45, 7) is 2.23. The van der Waals surface area contributed by atoms with Crippen LogP contribution in [0.4, 0.5) is 0 Å². The van der Waals surface area contributed by atoms with Crippen LogP contribution in [0, 0.1) is 0 Å². The van der Waals surface area contributed by atoms with Gasteiger partial charge in [0.2, 0.25) is 0 Å². The van der Waals surface area contributed by atoms with Crippen LogP contribution in [0.25, 0.3) is 0 Å². The third kappa shape index (κ3) is 2.53. The fraction of sp³-hybridized carbons (Fsp3) is 0.455. The van der Waals surface area contributed by atoms with Crippen LogP contribution >= 0.6 is 27.7 Å². The van der Waals surface area contributed by atoms with E-state index in [1.165, 1.54) is 17.1 Å². The van der Waals surface area contributed by atoms with Gasteiger partial charge in [-0.1, -0.05) is 28.1 Å². The molecule has 1 unspecified atom stereocenters. The Morgan fingerprint density at radius 3 is 2.86 bits per heavy atom. The van der Waals surface area contributed by atoms with E-state index in [1.807, 2.05) is 11.8 Å². The summed E-state index contributed by atoms with van der Waals surface area (Å²) in [5.74, 6) is 2.52. The van der Waals surface area contributed by atoms with Crippen molar-refractivity contribution >= 4 is 27.7 Å². The molecule has 1 aliphatic rings. The van der Waals surface area contributed by atoms with E-state index in [9.17, 15) is 0 Å². The lowest BCUT2D eigenvalue weighted by Crippen LogP contribution is -2.41. The van der Waals surface area contributed by atoms with Crippen molar-refractivity contribution in [3.63, 3.8) is 0 Å². The Labute approximate surface area is 97.8 Å². The van der Waals surface area contributed by atoms with Gasteiger partial charge >= 0.3 is 0 Å². The third-order valence-electron chi connectivity index (χ3n) is 2.47. The van der Waals surface area contributed by atoms with Crippen molar-refractivity contribution in [3.05, 3.63) is 34.3 Å². The first kappa shape index (κ1) is 10.5. The van der Waals surface area contributed by atoms with Gasteiger partial charge < -0.3 is 5.32 Å². The van der Waals surface area contributed by atoms with Gasteiger partial charge in [0.15, 0.2) is 0 Å². The highest BCUT2D eigenvalue weighted by atomic mass is 79.9. The minimum absolute atomic E-state index is 0.457. The predicted molar refractivity (Wildman–Crippen MR) is 66.8 cm³/mol. The first-order chi connectivity index (χ1) is 6.75. The molecule has 1 atom stereocenters. The van der Waals surface area contributed by atoms with Crippen LogP contribution < -0.4 is 5.32 Å². The van der Waals surface area contributed by atoms with Crippen LogP contribution in [0.3, 0.4) is 0 Å². The Hall–Kier alpha value is 0.01000. The maximum absolute atomic E-state index is 3.62. The lowest BCUT2D eigenvalue weighted by Gasteiger charge is -2.29. The average molecular weight is 272 g/mol. The van der Waals surface area contributed by atoms with Gasteiger partial charge in [-0.05, 0) is 24.6 Å². The van der Waals surface area contributed by atoms with Gasteiger partial charge in [-0.2, -0.15) is 11.8 Å². The van der Waals surface area contributed by atoms with E-state index in [4.69, 9.17) is 0 Å². The highest BCUT2D eigenvalue weighted by molar-refractivity contribution is 9.10. The van der Waals surface area contributed by atoms with Crippen LogP contribution in [-0.2, 0) is 0 Å². The maximum atomic E-state index is 3.62. The fourth-order valence-corrected chi connectivity index (χ4v) is 2.64. The summed E-state index contributed by atoms with van der Waals surface area (Å²) in [7, 11) is 0. The molecule has 1 N–H and O–H groups in total. The Bertz CT molecular complexity index is 312. The van der Waals surface area contributed by atoms with E-state index in [0.29, 0.717) is 12.1 Å². The Kier molecular flexibility index (Phi) is 3.52. The Morgan fingerprint density at radius 2 is 2.29 bits per heavy atom. The summed E-state index contributed by atoms with van der Waals surface area (Å²) in [6.07, 6.45) is 0. The standard InChI is InChI=1S/C11H14BrNS/c1-8(13-11-6-14-7-11)9-3-2-4-10(12)5-9/h2-5,8,11,13H,6-7H2,1H3. The molecule has 0 amide bonds. The van der Waals surface area contributed by atoms with Crippen molar-refractivity contribution in [2.45, 2.75) is 19.0 Å². The Balaban J connectivity index is 1.98. The van der Waals surface area contributed by atoms with Gasteiger partial charge in [0.05, 0.1) is 0 Å². The van der Waals surface area contributed by atoms with Crippen molar-refractivity contribution in [2.75, 3.05) is 11.5 Å². The summed E-state index contributed by atoms with van der Waals surface area (Å²) in [6, 6.07) is 9.69. The molecular weight excluding hydrogens is 258 g/mol. The zero-order chi connectivity index (χ0) is 9.97. The van der Waals surface area contributed by atoms with Gasteiger partial charge in [0, 0.05) is 28.1 Å². The number of rotatable bonds is 3. The molecule has 1 aromatic carbocycles. The number of thioether (sulfide) groups is 1. The van der Waals surface area contributed by atoms with Gasteiger partial charge in [-0.3, -0.25) is 0 Å². The molecule has 1 saturated heterocycles. The lowest BCUT2D eigenvalue weighted by atomic mass is 10.1. The molecule has 2 rings (SSSR count). The zero-order valence-electron chi connectivity index (χ0n) is 8.16. The van der Waals surface area contributed by atoms with Crippen LogP contribution in [-0.4, -0.2) is 17.5 Å². The van der Waals surface area contributed by atoms with E-state index in [0.717, 1.165) is 4.47 Å². The van der Waals surface area contributed by atoms with Crippen LogP contribution in [0.5, 0.6) is 0 Å². The Morgan fingerprint density at radius 1 is 1.50 bits per heavy atom. The lowest BCUT2D eigenvalue weighted by molar-refractivity contribution is 0.502. The van der Waals surface area contributed by atoms with Crippen LogP contribution in [0.15, 0.2) is 28.7 Å². The second-order valence-electron chi connectivity index (χ2n) is 3.68. The molecule has 0 bridgehead atoms. The summed E-state index contributed by atoms with van der Waals surface area (Å²) in [5.41, 5.74) is 1.36. The van der Waals surface area contributed by atoms with Gasteiger partial charge in [-0.15, -0.1) is 0 Å². The SMILES string of the molecule is CC(NC1CSC1)c1cccc(Br)c1. The first-order valence-corrected chi connectivity index (χ1v) is 6.80. The molecule has 0 saturated carbocycles. The van der Waals surface area contributed by atoms with Crippen LogP contribution in [0.2, 0.25) is 0 Å². The highest BCUT2D eigenvalue weighted by Gasteiger charge is 2.20. The van der Waals surface area contributed by atoms with E-state index >= 15 is 0 Å². The first-order valence-electron chi connectivity index (χ1n) is 4.85. The largest absolute Gasteiger partial charge is 0.306 e. The van der Waals surface area contributed by atoms with Crippen molar-refractivity contribution in [2.24, 2.45) is 0 Å². The van der Waals surface area contributed by atoms with Gasteiger partial charge in [-0.25, -0.2) is 0 Å². The molecule has 1 aromatic rings. The van der Waals surface area contributed by atoms with Crippen molar-refractivity contribution in [3.8, 4) is 0 Å². The van der Waals surface area contributed by atoms with Gasteiger partial charge in [0.1, 0.15) is 0 Å². The average Bonchev–Trinajstić information content (AvgIpc) is 2.11. The third-order valence-corrected chi connectivity index (χ3v) is 4.24. The summed E-state index contributed by atoms with van der Waals surface area (Å²) >= 11 is 5.51. The molecule has 1 nitrogen and oxygen atoms in total. The molecule has 3 heteroatoms. The molecule has 0 aliphatic carbocycles. The minimum Gasteiger partial charge on any atom is -0.306 e. The maximum Gasteiger partial charge on any atom is 0.0295 e. The van der Waals surface area contributed by atoms with E-state index < -0.39 is 0 Å². The molecule has 1 heterocycles. The predicted octanol–water partition coefficient (Wildman–Crippen LogP) is 3.22. The number of nitrogens with one attached hydrogen (secondary N) is 1. The second kappa shape index (κ2) is 4.69. The number of benzene rings is 1. The van der Waals surface area contributed by atoms with Crippen LogP contribution in [0.1, 0.15) is 18.5 Å². The second-order valence-corrected chi connectivity index (χ2v) is 5.67. The van der Waals surface area contributed by atoms with E-state index in [1.54, 1.807) is 0 Å². The summed E-state index contributed by atoms with van der Waals surface area (Å²) in [4.78, 5) is 0. The normalized spacial score (nSPS) is 19.0. The zero-order valence-corrected chi connectivity index (χ0v) is 10.6. The number of hydrogen-bond donors (Lipinski definition) is 1. The smallest absolute Gasteiger partial charge is 0.0295 e. The molecular formula is C11H14BrNS. The number of hydrogen-bond acceptors (Lipinski definition) is 2. The fourth-order valence-electron chi connectivity index (χ4n) is 1.56. The summed E-state index contributed by atoms with van der Waals surface area (Å²) < 4.78 is 1.16. The molecule has 0 aromatic heterocycles. The molecule has 14 heavy (non-hydrogen) atoms. The molecule has 76 valence electrons. The van der Waals surface area contributed by atoms with E-state index in [2.05, 4.69) is 52.4 Å². The molecule has 1 fully saturated rings. The topological polar surface area (TPSA) is 12.0 Å². The monoisotopic (exact) mass is 271 g/mol. The van der Waals surface area contributed by atoms with Crippen molar-refractivity contribution in [1.82, 2.24) is 5.32 Å². The molecule has 0 spiro atoms. The van der Waals surface area contributed by atoms with Crippen molar-refractivity contribution in [1.29, 1.82) is 0 Å². The highest BCUT2D eigenvalue weighted by Crippen LogP contribution is 2.23.